The first-order valence-corrected chi connectivity index (χ1v) is 32.1. The number of hydrogen-bond donors (Lipinski definition) is 5. The van der Waals surface area contributed by atoms with Gasteiger partial charge in [-0.05, 0) is 126 Å². The molecule has 95 heavy (non-hydrogen) atoms. The first-order chi connectivity index (χ1) is 44.3. The number of ether oxygens (including phenoxy) is 3. The van der Waals surface area contributed by atoms with Crippen molar-refractivity contribution < 1.29 is 52.8 Å². The van der Waals surface area contributed by atoms with Crippen molar-refractivity contribution in [1.82, 2.24) is 45.4 Å². The van der Waals surface area contributed by atoms with E-state index in [1.807, 2.05) is 25.2 Å². The number of likely N-dealkylation sites (tertiary alicyclic amines) is 1. The number of nitrogens with two attached hydrogens (primary N) is 1. The molecule has 0 bridgehead atoms. The summed E-state index contributed by atoms with van der Waals surface area (Å²) >= 11 is 20.4. The number of carbonyl (C=O) groups is 4. The lowest BCUT2D eigenvalue weighted by molar-refractivity contribution is -0.137. The maximum absolute atomic E-state index is 14.0. The van der Waals surface area contributed by atoms with Gasteiger partial charge >= 0.3 is 5.97 Å². The molecule has 0 radical (unpaired) electrons. The Kier molecular flexibility index (Phi) is 30.1. The molecule has 21 nitrogen and oxygen atoms in total. The zero-order valence-corrected chi connectivity index (χ0v) is 55.0. The number of aryl methyl sites for hydroxylation is 2. The summed E-state index contributed by atoms with van der Waals surface area (Å²) in [4.78, 5) is 82.4. The van der Waals surface area contributed by atoms with Crippen molar-refractivity contribution in [2.75, 3.05) is 71.9 Å². The van der Waals surface area contributed by atoms with Gasteiger partial charge < -0.3 is 55.4 Å². The molecule has 6 N–H and O–H groups in total. The van der Waals surface area contributed by atoms with E-state index >= 15 is 0 Å². The van der Waals surface area contributed by atoms with Crippen molar-refractivity contribution in [3.05, 3.63) is 150 Å². The zero-order chi connectivity index (χ0) is 66.0. The zero-order valence-electron chi connectivity index (χ0n) is 51.9. The highest BCUT2D eigenvalue weighted by Crippen LogP contribution is 2.42. The fourth-order valence-corrected chi connectivity index (χ4v) is 12.2. The fraction of sp³-hybridized carbons (Fsp3) is 0.391. The number of hydrogen-bond acceptors (Lipinski definition) is 19. The molecular formula is C69H85Cl3FN11O10S. The number of fused-ring (bicyclic) bond motifs is 3. The predicted molar refractivity (Wildman–Crippen MR) is 375 cm³/mol. The van der Waals surface area contributed by atoms with Crippen LogP contribution in [0.3, 0.4) is 0 Å². The topological polar surface area (TPSA) is 279 Å². The molecule has 7 aromatic rings. The monoisotopic (exact) mass is 1380 g/mol. The number of carbonyl (C=O) groups excluding carboxylic acids is 4. The van der Waals surface area contributed by atoms with Gasteiger partial charge in [-0.2, -0.15) is 0 Å². The lowest BCUT2D eigenvalue weighted by atomic mass is 9.90. The molecule has 26 heteroatoms. The average molecular weight is 1390 g/mol. The molecule has 1 saturated heterocycles. The Morgan fingerprint density at radius 2 is 1.61 bits per heavy atom. The summed E-state index contributed by atoms with van der Waals surface area (Å²) < 4.78 is 30.4. The van der Waals surface area contributed by atoms with Crippen LogP contribution in [0.4, 0.5) is 10.3 Å². The van der Waals surface area contributed by atoms with E-state index in [-0.39, 0.29) is 99.3 Å². The van der Waals surface area contributed by atoms with Crippen LogP contribution in [-0.4, -0.2) is 141 Å². The second-order valence-electron chi connectivity index (χ2n) is 21.4. The van der Waals surface area contributed by atoms with Gasteiger partial charge in [0.1, 0.15) is 45.9 Å². The molecule has 3 aromatic carbocycles. The molecule has 3 aliphatic rings. The number of methoxy groups -OCH3 is 1. The van der Waals surface area contributed by atoms with E-state index in [1.165, 1.54) is 30.6 Å². The number of anilines is 1. The number of nitrogens with one attached hydrogen (secondary N) is 2. The number of phenolic OH excluding ortho intramolecular Hbond substituents is 2. The van der Waals surface area contributed by atoms with Crippen LogP contribution in [0.2, 0.25) is 15.1 Å². The molecule has 1 fully saturated rings. The quantitative estimate of drug-likeness (QED) is 0.0362. The third-order valence-electron chi connectivity index (χ3n) is 15.1. The van der Waals surface area contributed by atoms with Gasteiger partial charge in [0.25, 0.3) is 17.7 Å². The molecule has 3 amide bonds. The lowest BCUT2D eigenvalue weighted by Gasteiger charge is -2.27. The number of pyridine rings is 1. The molecule has 510 valence electrons. The standard InChI is InChI=1S/C24H29ClN2O6.C21H25Cl2N5O2S.C21H19FN4O2.3CH4/c25-23-18-14-17(26-33-16-21(30)27-11-7-5-8-12-27)10-6-3-1-2-4-9-13-32-24(31)22(18)19(28)15-20(23)29;1-4-25-19(29)17-10-13-18(26-21(24)27-20(13)31-17)12-9-16(15(23)11-14(12)22)30-8-7-28(5-2)6-3;1-11-20-18(24-12(2)23-11)10-17(26-21(20)27)14-8-7-13(22)9-15(14)16-5-4-6-19(25-16)28-3;;;/h2,4,6,10,15,28-29H,1,3,5,7-9,11-14,16H2;9-11H,4-8H2,1-3H3,(H,25,29)(H2,24,26,27);4-9,17H,10H2,1-3H3,(H,26,27);3*1H4/b4-2+,10-6+,26-17-;;;;;/t;;17-;;;/m..1.../s1. The number of esters is 1. The molecule has 7 heterocycles. The number of thiophene rings is 1. The molecule has 10 rings (SSSR count). The number of phenols is 2. The van der Waals surface area contributed by atoms with Gasteiger partial charge in [-0.25, -0.2) is 34.1 Å². The summed E-state index contributed by atoms with van der Waals surface area (Å²) in [6.45, 7) is 14.8. The predicted octanol–water partition coefficient (Wildman–Crippen LogP) is 14.1. The Balaban J connectivity index is 0.000000255. The summed E-state index contributed by atoms with van der Waals surface area (Å²) in [5, 5.41) is 31.8. The summed E-state index contributed by atoms with van der Waals surface area (Å²) in [5.41, 5.74) is 11.3. The average Bonchev–Trinajstić information content (AvgIpc) is 1.76. The Morgan fingerprint density at radius 3 is 2.34 bits per heavy atom. The minimum absolute atomic E-state index is 0. The molecule has 4 aromatic heterocycles. The van der Waals surface area contributed by atoms with Crippen LogP contribution in [0.1, 0.15) is 146 Å². The van der Waals surface area contributed by atoms with Crippen LogP contribution in [0.5, 0.6) is 23.1 Å². The lowest BCUT2D eigenvalue weighted by Crippen LogP contribution is -2.37. The minimum atomic E-state index is -0.751. The molecular weight excluding hydrogens is 1300 g/mol. The van der Waals surface area contributed by atoms with Crippen molar-refractivity contribution in [2.45, 2.75) is 114 Å². The summed E-state index contributed by atoms with van der Waals surface area (Å²) in [7, 11) is 1.53. The largest absolute Gasteiger partial charge is 0.507 e. The molecule has 0 unspecified atom stereocenters. The number of likely N-dealkylation sites (N-methyl/N-ethyl adjacent to an activating group) is 1. The van der Waals surface area contributed by atoms with E-state index in [1.54, 1.807) is 67.3 Å². The highest BCUT2D eigenvalue weighted by molar-refractivity contribution is 7.20. The Hall–Kier alpha value is -8.48. The van der Waals surface area contributed by atoms with Gasteiger partial charge in [0.05, 0.1) is 73.8 Å². The highest BCUT2D eigenvalue weighted by Gasteiger charge is 2.31. The smallest absolute Gasteiger partial charge is 0.342 e. The molecule has 0 aliphatic carbocycles. The molecule has 0 spiro atoms. The minimum Gasteiger partial charge on any atom is -0.507 e. The van der Waals surface area contributed by atoms with Crippen molar-refractivity contribution in [1.29, 1.82) is 0 Å². The molecule has 3 aliphatic heterocycles. The van der Waals surface area contributed by atoms with E-state index in [9.17, 15) is 33.8 Å². The van der Waals surface area contributed by atoms with Crippen molar-refractivity contribution in [3.8, 4) is 45.6 Å². The van der Waals surface area contributed by atoms with Gasteiger partial charge in [0.2, 0.25) is 11.8 Å². The molecule has 1 atom stereocenters. The number of oxime groups is 1. The van der Waals surface area contributed by atoms with E-state index in [4.69, 9.17) is 59.6 Å². The number of amides is 3. The van der Waals surface area contributed by atoms with Crippen LogP contribution >= 0.6 is 46.1 Å². The second-order valence-corrected chi connectivity index (χ2v) is 23.6. The summed E-state index contributed by atoms with van der Waals surface area (Å²) in [6.07, 6.45) is 13.2. The number of halogens is 4. The Morgan fingerprint density at radius 1 is 0.874 bits per heavy atom. The van der Waals surface area contributed by atoms with Crippen LogP contribution in [-0.2, 0) is 27.2 Å². The van der Waals surface area contributed by atoms with Crippen molar-refractivity contribution in [2.24, 2.45) is 5.16 Å². The van der Waals surface area contributed by atoms with E-state index < -0.39 is 11.7 Å². The van der Waals surface area contributed by atoms with Crippen LogP contribution in [0.25, 0.3) is 32.7 Å². The van der Waals surface area contributed by atoms with Crippen molar-refractivity contribution in [3.63, 3.8) is 0 Å². The number of aromatic nitrogens is 5. The SMILES string of the molecule is C.C.C.CCNC(=O)c1cc2c(-c3cc(OCCN(CC)CC)c(Cl)cc3Cl)nc(N)nc2s1.COc1cccc(-c2cc(F)ccc2[C@H]2Cc3nc(C)nc(C)c3C(=O)N2)n1.O=C1OCC/C=C/CC/C=C/C(=N/OCC(=O)N2CCCCC2)Cc2c(Cl)c(O)cc(O)c21. The van der Waals surface area contributed by atoms with Crippen LogP contribution in [0, 0.1) is 19.7 Å². The molecule has 0 saturated carbocycles. The van der Waals surface area contributed by atoms with E-state index in [2.05, 4.69) is 59.5 Å². The number of allylic oxidation sites excluding steroid dienone is 3. The first-order valence-electron chi connectivity index (χ1n) is 30.1. The maximum atomic E-state index is 14.0. The Labute approximate surface area is 573 Å². The van der Waals surface area contributed by atoms with Crippen LogP contribution < -0.4 is 25.8 Å². The number of aromatic hydroxyl groups is 2. The maximum Gasteiger partial charge on any atom is 0.342 e. The number of piperidine rings is 1. The van der Waals surface area contributed by atoms with E-state index in [0.717, 1.165) is 76.5 Å². The number of benzene rings is 3. The fourth-order valence-electron chi connectivity index (χ4n) is 10.5. The van der Waals surface area contributed by atoms with Gasteiger partial charge in [-0.3, -0.25) is 14.4 Å². The van der Waals surface area contributed by atoms with Gasteiger partial charge in [-0.1, -0.05) is 106 Å². The van der Waals surface area contributed by atoms with E-state index in [0.29, 0.717) is 114 Å². The second kappa shape index (κ2) is 37.0. The number of rotatable bonds is 15. The van der Waals surface area contributed by atoms with Crippen molar-refractivity contribution >= 4 is 91.7 Å². The third kappa shape index (κ3) is 20.3. The van der Waals surface area contributed by atoms with Gasteiger partial charge in [0.15, 0.2) is 6.61 Å². The number of nitrogen functional groups attached to an aromatic ring is 1. The summed E-state index contributed by atoms with van der Waals surface area (Å²) in [5.74, 6) is -0.790. The number of nitrogens with zero attached hydrogens (tertiary/aromatic N) is 8. The highest BCUT2D eigenvalue weighted by atomic mass is 35.5. The Bertz CT molecular complexity index is 3920. The normalized spacial score (nSPS) is 15.6. The first kappa shape index (κ1) is 77.2. The number of cyclic esters (lactones) is 1. The third-order valence-corrected chi connectivity index (χ3v) is 17.1. The van der Waals surface area contributed by atoms with Gasteiger partial charge in [0, 0.05) is 67.7 Å². The van der Waals surface area contributed by atoms with Crippen LogP contribution in [0.15, 0.2) is 90.1 Å². The summed E-state index contributed by atoms with van der Waals surface area (Å²) in [6, 6.07) is 15.6. The van der Waals surface area contributed by atoms with Gasteiger partial charge in [-0.15, -0.1) is 11.3 Å².